The van der Waals surface area contributed by atoms with Crippen molar-refractivity contribution in [3.63, 3.8) is 0 Å². The number of benzene rings is 2. The lowest BCUT2D eigenvalue weighted by molar-refractivity contribution is -0.114. The van der Waals surface area contributed by atoms with Gasteiger partial charge in [-0.25, -0.2) is 0 Å². The topological polar surface area (TPSA) is 34.0 Å². The molecular formula is C14H11ClN2O. The fraction of sp³-hybridized carbons (Fsp3) is 0.0714. The van der Waals surface area contributed by atoms with Crippen LogP contribution >= 0.6 is 11.6 Å². The summed E-state index contributed by atoms with van der Waals surface area (Å²) in [7, 11) is 0. The zero-order valence-corrected chi connectivity index (χ0v) is 10.3. The number of nitrogens with zero attached hydrogens (tertiary/aromatic N) is 1. The molecule has 3 nitrogen and oxygen atoms in total. The second kappa shape index (κ2) is 4.35. The number of hydrogen-bond acceptors (Lipinski definition) is 1. The summed E-state index contributed by atoms with van der Waals surface area (Å²) in [5.74, 6) is -0.274. The van der Waals surface area contributed by atoms with Crippen LogP contribution in [0.4, 0.5) is 0 Å². The van der Waals surface area contributed by atoms with Gasteiger partial charge in [-0.15, -0.1) is 11.6 Å². The van der Waals surface area contributed by atoms with Gasteiger partial charge in [-0.3, -0.25) is 14.9 Å². The van der Waals surface area contributed by atoms with Crippen molar-refractivity contribution in [2.75, 3.05) is 11.3 Å². The summed E-state index contributed by atoms with van der Waals surface area (Å²) in [6, 6.07) is 15.9. The lowest BCUT2D eigenvalue weighted by atomic mass is 10.2. The molecule has 1 heterocycles. The normalized spacial score (nSPS) is 10.9. The van der Waals surface area contributed by atoms with Crippen molar-refractivity contribution in [2.24, 2.45) is 0 Å². The fourth-order valence-electron chi connectivity index (χ4n) is 2.20. The smallest absolute Gasteiger partial charge is 0.253 e. The third-order valence-electron chi connectivity index (χ3n) is 2.94. The highest BCUT2D eigenvalue weighted by atomic mass is 35.5. The van der Waals surface area contributed by atoms with Crippen LogP contribution in [0.25, 0.3) is 21.8 Å². The molecule has 1 amide bonds. The lowest BCUT2D eigenvalue weighted by Gasteiger charge is -2.07. The summed E-state index contributed by atoms with van der Waals surface area (Å²) in [4.78, 5) is 11.5. The number of carbonyl (C=O) groups is 1. The number of hydrogen-bond donors (Lipinski definition) is 1. The number of amides is 1. The molecule has 4 heteroatoms. The first-order valence-electron chi connectivity index (χ1n) is 5.65. The van der Waals surface area contributed by atoms with Gasteiger partial charge in [0.25, 0.3) is 5.91 Å². The number of alkyl halides is 1. The molecule has 0 saturated heterocycles. The van der Waals surface area contributed by atoms with Crippen molar-refractivity contribution >= 4 is 39.3 Å². The van der Waals surface area contributed by atoms with E-state index in [0.29, 0.717) is 0 Å². The molecule has 0 atom stereocenters. The number of carbonyl (C=O) groups excluding carboxylic acids is 1. The summed E-state index contributed by atoms with van der Waals surface area (Å²) in [5.41, 5.74) is 4.74. The molecule has 1 aromatic heterocycles. The summed E-state index contributed by atoms with van der Waals surface area (Å²) in [5, 5.41) is 2.23. The summed E-state index contributed by atoms with van der Waals surface area (Å²) < 4.78 is 1.79. The molecule has 0 aliphatic rings. The van der Waals surface area contributed by atoms with Gasteiger partial charge in [0.15, 0.2) is 0 Å². The van der Waals surface area contributed by atoms with Crippen molar-refractivity contribution in [2.45, 2.75) is 0 Å². The molecule has 0 saturated carbocycles. The van der Waals surface area contributed by atoms with Crippen LogP contribution in [-0.4, -0.2) is 16.5 Å². The molecule has 3 rings (SSSR count). The third kappa shape index (κ3) is 1.64. The lowest BCUT2D eigenvalue weighted by Crippen LogP contribution is -2.23. The van der Waals surface area contributed by atoms with Gasteiger partial charge in [0.05, 0.1) is 11.0 Å². The molecule has 0 fully saturated rings. The molecule has 3 aromatic rings. The third-order valence-corrected chi connectivity index (χ3v) is 3.18. The van der Waals surface area contributed by atoms with Gasteiger partial charge in [-0.1, -0.05) is 36.4 Å². The Kier molecular flexibility index (Phi) is 2.68. The Hall–Kier alpha value is -2.00. The van der Waals surface area contributed by atoms with Gasteiger partial charge in [0.2, 0.25) is 0 Å². The molecule has 0 unspecified atom stereocenters. The highest BCUT2D eigenvalue weighted by Crippen LogP contribution is 2.27. The van der Waals surface area contributed by atoms with E-state index in [4.69, 9.17) is 11.6 Å². The Balaban J connectivity index is 2.34. The van der Waals surface area contributed by atoms with E-state index in [2.05, 4.69) is 5.43 Å². The van der Waals surface area contributed by atoms with Crippen molar-refractivity contribution in [3.8, 4) is 0 Å². The van der Waals surface area contributed by atoms with E-state index < -0.39 is 0 Å². The number of para-hydroxylation sites is 2. The molecule has 0 aliphatic heterocycles. The molecule has 0 spiro atoms. The second-order valence-electron chi connectivity index (χ2n) is 4.04. The van der Waals surface area contributed by atoms with Gasteiger partial charge >= 0.3 is 0 Å². The molecular weight excluding hydrogens is 248 g/mol. The zero-order chi connectivity index (χ0) is 12.5. The predicted octanol–water partition coefficient (Wildman–Crippen LogP) is 3.10. The van der Waals surface area contributed by atoms with Gasteiger partial charge in [-0.2, -0.15) is 0 Å². The van der Waals surface area contributed by atoms with Crippen molar-refractivity contribution < 1.29 is 4.79 Å². The van der Waals surface area contributed by atoms with E-state index in [1.54, 1.807) is 4.68 Å². The minimum Gasteiger partial charge on any atom is -0.272 e. The van der Waals surface area contributed by atoms with E-state index in [9.17, 15) is 4.79 Å². The number of fused-ring (bicyclic) bond motifs is 3. The summed E-state index contributed by atoms with van der Waals surface area (Å²) in [6.45, 7) is 0. The Morgan fingerprint density at radius 3 is 2.00 bits per heavy atom. The zero-order valence-electron chi connectivity index (χ0n) is 9.56. The number of nitrogens with one attached hydrogen (secondary N) is 1. The van der Waals surface area contributed by atoms with Crippen LogP contribution in [0.15, 0.2) is 48.5 Å². The van der Waals surface area contributed by atoms with E-state index in [1.807, 2.05) is 48.5 Å². The fourth-order valence-corrected chi connectivity index (χ4v) is 2.26. The van der Waals surface area contributed by atoms with E-state index >= 15 is 0 Å². The maximum absolute atomic E-state index is 11.5. The Labute approximate surface area is 109 Å². The standard InChI is InChI=1S/C14H11ClN2O/c15-9-14(18)16-17-12-7-3-1-5-10(12)11-6-2-4-8-13(11)17/h1-8H,9H2,(H,16,18). The van der Waals surface area contributed by atoms with Crippen LogP contribution in [0, 0.1) is 0 Å². The minimum atomic E-state index is -0.219. The van der Waals surface area contributed by atoms with Crippen LogP contribution in [-0.2, 0) is 4.79 Å². The highest BCUT2D eigenvalue weighted by molar-refractivity contribution is 6.28. The predicted molar refractivity (Wildman–Crippen MR) is 74.5 cm³/mol. The average Bonchev–Trinajstić information content (AvgIpc) is 2.74. The first kappa shape index (κ1) is 11.1. The van der Waals surface area contributed by atoms with Crippen LogP contribution in [0.1, 0.15) is 0 Å². The molecule has 0 bridgehead atoms. The van der Waals surface area contributed by atoms with Crippen LogP contribution in [0.2, 0.25) is 0 Å². The van der Waals surface area contributed by atoms with Crippen LogP contribution in [0.3, 0.4) is 0 Å². The van der Waals surface area contributed by atoms with Crippen LogP contribution < -0.4 is 5.43 Å². The van der Waals surface area contributed by atoms with Crippen molar-refractivity contribution in [1.82, 2.24) is 4.68 Å². The molecule has 18 heavy (non-hydrogen) atoms. The second-order valence-corrected chi connectivity index (χ2v) is 4.31. The van der Waals surface area contributed by atoms with Crippen molar-refractivity contribution in [3.05, 3.63) is 48.5 Å². The number of halogens is 1. The Morgan fingerprint density at radius 2 is 1.50 bits per heavy atom. The van der Waals surface area contributed by atoms with Crippen molar-refractivity contribution in [1.29, 1.82) is 0 Å². The van der Waals surface area contributed by atoms with E-state index in [1.165, 1.54) is 0 Å². The Bertz CT molecular complexity index is 680. The average molecular weight is 259 g/mol. The number of aromatic nitrogens is 1. The SMILES string of the molecule is O=C(CCl)Nn1c2ccccc2c2ccccc21. The molecule has 2 aromatic carbocycles. The quantitative estimate of drug-likeness (QED) is 0.704. The Morgan fingerprint density at radius 1 is 1.00 bits per heavy atom. The minimum absolute atomic E-state index is 0.0547. The first-order chi connectivity index (χ1) is 8.81. The number of rotatable bonds is 2. The van der Waals surface area contributed by atoms with E-state index in [-0.39, 0.29) is 11.8 Å². The van der Waals surface area contributed by atoms with Crippen LogP contribution in [0.5, 0.6) is 0 Å². The maximum atomic E-state index is 11.5. The van der Waals surface area contributed by atoms with Gasteiger partial charge in [-0.05, 0) is 12.1 Å². The highest BCUT2D eigenvalue weighted by Gasteiger charge is 2.10. The largest absolute Gasteiger partial charge is 0.272 e. The summed E-state index contributed by atoms with van der Waals surface area (Å²) >= 11 is 5.55. The van der Waals surface area contributed by atoms with Gasteiger partial charge < -0.3 is 0 Å². The molecule has 1 N–H and O–H groups in total. The van der Waals surface area contributed by atoms with Gasteiger partial charge in [0.1, 0.15) is 5.88 Å². The monoisotopic (exact) mass is 258 g/mol. The van der Waals surface area contributed by atoms with Gasteiger partial charge in [0, 0.05) is 10.8 Å². The first-order valence-corrected chi connectivity index (χ1v) is 6.18. The maximum Gasteiger partial charge on any atom is 0.253 e. The summed E-state index contributed by atoms with van der Waals surface area (Å²) in [6.07, 6.45) is 0. The van der Waals surface area contributed by atoms with E-state index in [0.717, 1.165) is 21.8 Å². The molecule has 0 aliphatic carbocycles. The molecule has 0 radical (unpaired) electrons. The molecule has 90 valence electrons.